The molecule has 0 bridgehead atoms. The minimum Gasteiger partial charge on any atom is -0.345 e. The van der Waals surface area contributed by atoms with E-state index in [1.807, 2.05) is 30.3 Å². The van der Waals surface area contributed by atoms with E-state index in [0.717, 1.165) is 6.42 Å². The third-order valence-electron chi connectivity index (χ3n) is 5.84. The van der Waals surface area contributed by atoms with Crippen molar-refractivity contribution < 1.29 is 0 Å². The molecule has 0 spiro atoms. The van der Waals surface area contributed by atoms with Crippen molar-refractivity contribution in [2.75, 3.05) is 11.4 Å². The van der Waals surface area contributed by atoms with Gasteiger partial charge in [0.2, 0.25) is 0 Å². The Morgan fingerprint density at radius 1 is 1.18 bits per heavy atom. The standard InChI is InChI=1S/C22H15ClN8O.H2S/c23-15-6-9-30-18(15)22(32)31(14-4-2-1-3-5-14)20(28-30)16-7-8-29(16)21-17-13(10-24)11-25-19(17)26-12-27-21;/h1-6,9,11-12,16H,7-8H2,(H,25,26,27);1H2/t16-;/m0./s1. The van der Waals surface area contributed by atoms with Crippen LogP contribution in [-0.2, 0) is 0 Å². The minimum atomic E-state index is -0.241. The lowest BCUT2D eigenvalue weighted by molar-refractivity contribution is 0.424. The highest BCUT2D eigenvalue weighted by atomic mass is 35.5. The molecule has 0 unspecified atom stereocenters. The SMILES string of the molecule is N#Cc1c[nH]c2ncnc(N3CC[C@H]3c3nn4ccc(Cl)c4c(=O)n3-c3ccccc3)c12.S. The van der Waals surface area contributed by atoms with Crippen LogP contribution in [0.1, 0.15) is 23.9 Å². The molecule has 9 nitrogen and oxygen atoms in total. The number of anilines is 1. The van der Waals surface area contributed by atoms with Gasteiger partial charge in [-0.3, -0.25) is 9.36 Å². The predicted octanol–water partition coefficient (Wildman–Crippen LogP) is 3.35. The van der Waals surface area contributed by atoms with E-state index in [1.165, 1.54) is 10.8 Å². The minimum absolute atomic E-state index is 0. The number of nitrogens with one attached hydrogen (secondary N) is 1. The molecule has 1 saturated heterocycles. The number of benzene rings is 1. The number of hydrogen-bond donors (Lipinski definition) is 1. The molecular formula is C22H17ClN8OS. The molecule has 1 aliphatic rings. The summed E-state index contributed by atoms with van der Waals surface area (Å²) >= 11 is 6.29. The first-order valence-electron chi connectivity index (χ1n) is 10.0. The third kappa shape index (κ3) is 3.08. The van der Waals surface area contributed by atoms with Gasteiger partial charge in [-0.1, -0.05) is 29.8 Å². The first-order valence-corrected chi connectivity index (χ1v) is 10.4. The summed E-state index contributed by atoms with van der Waals surface area (Å²) in [4.78, 5) is 27.3. The third-order valence-corrected chi connectivity index (χ3v) is 6.14. The van der Waals surface area contributed by atoms with E-state index in [-0.39, 0.29) is 25.1 Å². The van der Waals surface area contributed by atoms with Crippen molar-refractivity contribution in [1.82, 2.24) is 29.1 Å². The van der Waals surface area contributed by atoms with Crippen molar-refractivity contribution in [3.63, 3.8) is 0 Å². The Bertz CT molecular complexity index is 1600. The van der Waals surface area contributed by atoms with E-state index in [0.29, 0.717) is 51.0 Å². The highest BCUT2D eigenvalue weighted by Crippen LogP contribution is 2.39. The van der Waals surface area contributed by atoms with Crippen LogP contribution in [-0.4, -0.2) is 35.7 Å². The maximum absolute atomic E-state index is 13.5. The number of aromatic nitrogens is 6. The lowest BCUT2D eigenvalue weighted by Crippen LogP contribution is -2.45. The summed E-state index contributed by atoms with van der Waals surface area (Å²) in [6.45, 7) is 0.710. The molecule has 4 aromatic heterocycles. The Morgan fingerprint density at radius 3 is 2.73 bits per heavy atom. The summed E-state index contributed by atoms with van der Waals surface area (Å²) in [5.74, 6) is 1.22. The monoisotopic (exact) mass is 476 g/mol. The molecule has 1 aromatic carbocycles. The van der Waals surface area contributed by atoms with Crippen LogP contribution in [0, 0.1) is 11.3 Å². The first-order chi connectivity index (χ1) is 15.7. The zero-order valence-electron chi connectivity index (χ0n) is 17.1. The van der Waals surface area contributed by atoms with Gasteiger partial charge in [0.1, 0.15) is 29.4 Å². The number of fused-ring (bicyclic) bond motifs is 2. The smallest absolute Gasteiger partial charge is 0.284 e. The number of nitrogens with zero attached hydrogens (tertiary/aromatic N) is 7. The average Bonchev–Trinajstić information content (AvgIpc) is 3.38. The van der Waals surface area contributed by atoms with Gasteiger partial charge >= 0.3 is 0 Å². The second kappa shape index (κ2) is 7.95. The van der Waals surface area contributed by atoms with Gasteiger partial charge in [-0.05, 0) is 24.6 Å². The van der Waals surface area contributed by atoms with E-state index in [2.05, 4.69) is 25.9 Å². The number of para-hydroxylation sites is 1. The van der Waals surface area contributed by atoms with Crippen LogP contribution < -0.4 is 10.5 Å². The molecule has 33 heavy (non-hydrogen) atoms. The van der Waals surface area contributed by atoms with Crippen molar-refractivity contribution in [3.8, 4) is 11.8 Å². The van der Waals surface area contributed by atoms with Crippen LogP contribution in [0.2, 0.25) is 5.02 Å². The van der Waals surface area contributed by atoms with Gasteiger partial charge in [-0.25, -0.2) is 14.5 Å². The summed E-state index contributed by atoms with van der Waals surface area (Å²) in [6.07, 6.45) is 5.56. The average molecular weight is 477 g/mol. The van der Waals surface area contributed by atoms with Gasteiger partial charge in [0, 0.05) is 18.9 Å². The van der Waals surface area contributed by atoms with Crippen molar-refractivity contribution in [2.45, 2.75) is 12.5 Å². The number of rotatable bonds is 3. The quantitative estimate of drug-likeness (QED) is 0.428. The Balaban J connectivity index is 0.00000228. The van der Waals surface area contributed by atoms with E-state index in [9.17, 15) is 10.1 Å². The lowest BCUT2D eigenvalue weighted by Gasteiger charge is -2.42. The van der Waals surface area contributed by atoms with Crippen LogP contribution in [0.5, 0.6) is 0 Å². The van der Waals surface area contributed by atoms with Gasteiger partial charge in [0.25, 0.3) is 5.56 Å². The number of aromatic amines is 1. The van der Waals surface area contributed by atoms with Crippen molar-refractivity contribution in [3.05, 3.63) is 81.9 Å². The molecule has 1 N–H and O–H groups in total. The summed E-state index contributed by atoms with van der Waals surface area (Å²) in [5, 5.41) is 15.3. The number of nitriles is 1. The van der Waals surface area contributed by atoms with Gasteiger partial charge in [-0.2, -0.15) is 23.9 Å². The zero-order chi connectivity index (χ0) is 21.8. The van der Waals surface area contributed by atoms with E-state index in [1.54, 1.807) is 23.0 Å². The Kier molecular flexibility index (Phi) is 5.08. The highest BCUT2D eigenvalue weighted by Gasteiger charge is 2.37. The topological polar surface area (TPSA) is 108 Å². The molecule has 6 rings (SSSR count). The maximum atomic E-state index is 13.5. The van der Waals surface area contributed by atoms with Crippen molar-refractivity contribution in [2.24, 2.45) is 0 Å². The van der Waals surface area contributed by atoms with E-state index in [4.69, 9.17) is 16.7 Å². The molecular weight excluding hydrogens is 460 g/mol. The molecule has 1 aliphatic heterocycles. The molecule has 11 heteroatoms. The van der Waals surface area contributed by atoms with Crippen LogP contribution in [0.15, 0.2) is 59.9 Å². The summed E-state index contributed by atoms with van der Waals surface area (Å²) in [5.41, 5.74) is 1.86. The van der Waals surface area contributed by atoms with Crippen LogP contribution in [0.4, 0.5) is 5.82 Å². The molecule has 0 saturated carbocycles. The van der Waals surface area contributed by atoms with Crippen molar-refractivity contribution in [1.29, 1.82) is 5.26 Å². The molecule has 0 aliphatic carbocycles. The Labute approximate surface area is 199 Å². The Hall–Kier alpha value is -3.81. The van der Waals surface area contributed by atoms with Gasteiger partial charge in [0.05, 0.1) is 27.7 Å². The fraction of sp³-hybridized carbons (Fsp3) is 0.136. The summed E-state index contributed by atoms with van der Waals surface area (Å²) in [6, 6.07) is 13.0. The van der Waals surface area contributed by atoms with Gasteiger partial charge in [-0.15, -0.1) is 0 Å². The number of hydrogen-bond acceptors (Lipinski definition) is 6. The number of H-pyrrole nitrogens is 1. The van der Waals surface area contributed by atoms with Crippen molar-refractivity contribution >= 4 is 47.5 Å². The molecule has 0 radical (unpaired) electrons. The lowest BCUT2D eigenvalue weighted by atomic mass is 10.0. The van der Waals surface area contributed by atoms with Gasteiger partial charge < -0.3 is 9.88 Å². The molecule has 1 fully saturated rings. The molecule has 0 amide bonds. The second-order valence-corrected chi connectivity index (χ2v) is 7.93. The molecule has 5 aromatic rings. The normalized spacial score (nSPS) is 15.3. The van der Waals surface area contributed by atoms with Gasteiger partial charge in [0.15, 0.2) is 5.82 Å². The van der Waals surface area contributed by atoms with Crippen LogP contribution >= 0.6 is 25.1 Å². The number of halogens is 1. The maximum Gasteiger partial charge on any atom is 0.284 e. The summed E-state index contributed by atoms with van der Waals surface area (Å²) in [7, 11) is 0. The largest absolute Gasteiger partial charge is 0.345 e. The molecule has 1 atom stereocenters. The second-order valence-electron chi connectivity index (χ2n) is 7.52. The first kappa shape index (κ1) is 21.1. The van der Waals surface area contributed by atoms with Crippen LogP contribution in [0.25, 0.3) is 22.2 Å². The Morgan fingerprint density at radius 2 is 2.00 bits per heavy atom. The van der Waals surface area contributed by atoms with E-state index >= 15 is 0 Å². The predicted molar refractivity (Wildman–Crippen MR) is 129 cm³/mol. The zero-order valence-corrected chi connectivity index (χ0v) is 18.9. The highest BCUT2D eigenvalue weighted by molar-refractivity contribution is 7.59. The van der Waals surface area contributed by atoms with E-state index < -0.39 is 0 Å². The summed E-state index contributed by atoms with van der Waals surface area (Å²) < 4.78 is 3.14. The fourth-order valence-corrected chi connectivity index (χ4v) is 4.48. The van der Waals surface area contributed by atoms with Crippen LogP contribution in [0.3, 0.4) is 0 Å². The molecule has 164 valence electrons. The molecule has 5 heterocycles. The fourth-order valence-electron chi connectivity index (χ4n) is 4.25.